The van der Waals surface area contributed by atoms with Crippen LogP contribution >= 0.6 is 15.9 Å². The third-order valence-electron chi connectivity index (χ3n) is 3.56. The molecule has 2 rings (SSSR count). The third kappa shape index (κ3) is 2.51. The molecule has 0 aromatic heterocycles. The molecule has 20 heavy (non-hydrogen) atoms. The van der Waals surface area contributed by atoms with Crippen LogP contribution in [-0.4, -0.2) is 16.4 Å². The lowest BCUT2D eigenvalue weighted by molar-refractivity contribution is -0.385. The van der Waals surface area contributed by atoms with Gasteiger partial charge in [0, 0.05) is 16.1 Å². The van der Waals surface area contributed by atoms with Gasteiger partial charge in [0.05, 0.1) is 16.6 Å². The summed E-state index contributed by atoms with van der Waals surface area (Å²) in [5, 5.41) is 22.8. The highest BCUT2D eigenvalue weighted by Crippen LogP contribution is 2.32. The number of nitro benzene ring substituents is 1. The topological polar surface area (TPSA) is 96.0 Å². The summed E-state index contributed by atoms with van der Waals surface area (Å²) in [6, 6.07) is 5.00. The smallest absolute Gasteiger partial charge is 0.274 e. The molecule has 1 aliphatic rings. The van der Waals surface area contributed by atoms with Crippen LogP contribution in [0.15, 0.2) is 16.6 Å². The number of hydrogen-bond donors (Lipinski definition) is 1. The van der Waals surface area contributed by atoms with E-state index >= 15 is 0 Å². The number of nitrogens with one attached hydrogen (secondary N) is 1. The SMILES string of the molecule is Cc1c(C(=O)NC2(C#N)CCC2)cc(Br)cc1[N+](=O)[O-]. The molecule has 1 N–H and O–H groups in total. The molecular formula is C13H12BrN3O3. The van der Waals surface area contributed by atoms with Crippen LogP contribution in [-0.2, 0) is 0 Å². The molecule has 0 atom stereocenters. The average Bonchev–Trinajstić information content (AvgIpc) is 2.35. The van der Waals surface area contributed by atoms with Crippen molar-refractivity contribution in [2.75, 3.05) is 0 Å². The Labute approximate surface area is 124 Å². The van der Waals surface area contributed by atoms with Crippen LogP contribution in [0.1, 0.15) is 35.2 Å². The average molecular weight is 338 g/mol. The van der Waals surface area contributed by atoms with Crippen LogP contribution in [0.2, 0.25) is 0 Å². The summed E-state index contributed by atoms with van der Waals surface area (Å²) >= 11 is 3.16. The number of carbonyl (C=O) groups is 1. The van der Waals surface area contributed by atoms with E-state index in [1.165, 1.54) is 19.1 Å². The van der Waals surface area contributed by atoms with Gasteiger partial charge in [-0.3, -0.25) is 14.9 Å². The number of nitriles is 1. The molecule has 0 saturated heterocycles. The van der Waals surface area contributed by atoms with Gasteiger partial charge < -0.3 is 5.32 Å². The van der Waals surface area contributed by atoms with Crippen LogP contribution in [0.25, 0.3) is 0 Å². The van der Waals surface area contributed by atoms with E-state index in [-0.39, 0.29) is 11.3 Å². The van der Waals surface area contributed by atoms with Gasteiger partial charge >= 0.3 is 0 Å². The molecule has 1 aromatic carbocycles. The molecule has 1 fully saturated rings. The van der Waals surface area contributed by atoms with Gasteiger partial charge in [0.2, 0.25) is 0 Å². The molecule has 0 unspecified atom stereocenters. The zero-order chi connectivity index (χ0) is 14.9. The summed E-state index contributed by atoms with van der Waals surface area (Å²) in [5.74, 6) is -0.451. The third-order valence-corrected chi connectivity index (χ3v) is 4.02. The lowest BCUT2D eigenvalue weighted by atomic mass is 9.78. The molecule has 0 spiro atoms. The first-order valence-electron chi connectivity index (χ1n) is 6.07. The van der Waals surface area contributed by atoms with Crippen LogP contribution < -0.4 is 5.32 Å². The predicted octanol–water partition coefficient (Wildman–Crippen LogP) is 2.84. The second-order valence-electron chi connectivity index (χ2n) is 4.86. The van der Waals surface area contributed by atoms with Crippen molar-refractivity contribution in [1.82, 2.24) is 5.32 Å². The molecule has 7 heteroatoms. The summed E-state index contributed by atoms with van der Waals surface area (Å²) in [6.07, 6.45) is 2.13. The Balaban J connectivity index is 2.35. The van der Waals surface area contributed by atoms with Crippen molar-refractivity contribution in [3.63, 3.8) is 0 Å². The summed E-state index contributed by atoms with van der Waals surface area (Å²) in [6.45, 7) is 1.53. The van der Waals surface area contributed by atoms with Gasteiger partial charge in [0.25, 0.3) is 11.6 Å². The van der Waals surface area contributed by atoms with Gasteiger partial charge in [0.1, 0.15) is 5.54 Å². The molecule has 6 nitrogen and oxygen atoms in total. The predicted molar refractivity (Wildman–Crippen MR) is 75.2 cm³/mol. The van der Waals surface area contributed by atoms with Crippen LogP contribution in [0, 0.1) is 28.4 Å². The lowest BCUT2D eigenvalue weighted by Gasteiger charge is -2.35. The van der Waals surface area contributed by atoms with E-state index in [1.54, 1.807) is 0 Å². The number of rotatable bonds is 3. The van der Waals surface area contributed by atoms with E-state index in [4.69, 9.17) is 5.26 Å². The summed E-state index contributed by atoms with van der Waals surface area (Å²) in [4.78, 5) is 22.7. The van der Waals surface area contributed by atoms with Crippen LogP contribution in [0.5, 0.6) is 0 Å². The van der Waals surface area contributed by atoms with Crippen molar-refractivity contribution in [2.45, 2.75) is 31.7 Å². The Hall–Kier alpha value is -1.94. The van der Waals surface area contributed by atoms with Crippen molar-refractivity contribution in [2.24, 2.45) is 0 Å². The first-order chi connectivity index (χ1) is 9.38. The number of hydrogen-bond acceptors (Lipinski definition) is 4. The van der Waals surface area contributed by atoms with Gasteiger partial charge in [-0.1, -0.05) is 15.9 Å². The Morgan fingerprint density at radius 1 is 1.55 bits per heavy atom. The molecule has 0 aliphatic heterocycles. The Morgan fingerprint density at radius 2 is 2.20 bits per heavy atom. The highest BCUT2D eigenvalue weighted by molar-refractivity contribution is 9.10. The molecule has 1 saturated carbocycles. The largest absolute Gasteiger partial charge is 0.334 e. The molecule has 1 amide bonds. The quantitative estimate of drug-likeness (QED) is 0.677. The van der Waals surface area contributed by atoms with E-state index in [9.17, 15) is 14.9 Å². The van der Waals surface area contributed by atoms with Crippen molar-refractivity contribution in [3.8, 4) is 6.07 Å². The number of benzene rings is 1. The van der Waals surface area contributed by atoms with Crippen molar-refractivity contribution in [1.29, 1.82) is 5.26 Å². The maximum absolute atomic E-state index is 12.3. The maximum Gasteiger partial charge on any atom is 0.274 e. The number of halogens is 1. The maximum atomic E-state index is 12.3. The molecule has 104 valence electrons. The molecule has 1 aromatic rings. The number of nitrogens with zero attached hydrogens (tertiary/aromatic N) is 2. The van der Waals surface area contributed by atoms with Crippen molar-refractivity contribution >= 4 is 27.5 Å². The van der Waals surface area contributed by atoms with Crippen molar-refractivity contribution < 1.29 is 9.72 Å². The van der Waals surface area contributed by atoms with E-state index < -0.39 is 16.4 Å². The van der Waals surface area contributed by atoms with Gasteiger partial charge in [-0.2, -0.15) is 5.26 Å². The molecular weight excluding hydrogens is 326 g/mol. The Kier molecular flexibility index (Phi) is 3.77. The number of amides is 1. The van der Waals surface area contributed by atoms with Gasteiger partial charge in [-0.25, -0.2) is 0 Å². The van der Waals surface area contributed by atoms with Gasteiger partial charge in [-0.15, -0.1) is 0 Å². The first-order valence-corrected chi connectivity index (χ1v) is 6.86. The standard InChI is InChI=1S/C13H12BrN3O3/c1-8-10(5-9(14)6-11(8)17(19)20)12(18)16-13(7-15)3-2-4-13/h5-6H,2-4H2,1H3,(H,16,18). The summed E-state index contributed by atoms with van der Waals surface area (Å²) < 4.78 is 0.458. The van der Waals surface area contributed by atoms with Gasteiger partial charge in [-0.05, 0) is 32.3 Å². The zero-order valence-corrected chi connectivity index (χ0v) is 12.4. The minimum absolute atomic E-state index is 0.121. The molecule has 1 aliphatic carbocycles. The Bertz CT molecular complexity index is 632. The molecule has 0 bridgehead atoms. The fourth-order valence-corrected chi connectivity index (χ4v) is 2.62. The number of nitro groups is 1. The molecule has 0 radical (unpaired) electrons. The highest BCUT2D eigenvalue weighted by Gasteiger charge is 2.39. The normalized spacial score (nSPS) is 15.8. The highest BCUT2D eigenvalue weighted by atomic mass is 79.9. The summed E-state index contributed by atoms with van der Waals surface area (Å²) in [5.41, 5.74) is -0.430. The van der Waals surface area contributed by atoms with Gasteiger partial charge in [0.15, 0.2) is 0 Å². The molecule has 0 heterocycles. The van der Waals surface area contributed by atoms with E-state index in [1.807, 2.05) is 0 Å². The summed E-state index contributed by atoms with van der Waals surface area (Å²) in [7, 11) is 0. The fourth-order valence-electron chi connectivity index (χ4n) is 2.17. The first kappa shape index (κ1) is 14.5. The minimum atomic E-state index is -0.819. The van der Waals surface area contributed by atoms with E-state index in [0.717, 1.165) is 6.42 Å². The second kappa shape index (κ2) is 5.21. The number of carbonyl (C=O) groups excluding carboxylic acids is 1. The minimum Gasteiger partial charge on any atom is -0.334 e. The zero-order valence-electron chi connectivity index (χ0n) is 10.8. The lowest BCUT2D eigenvalue weighted by Crippen LogP contribution is -2.52. The van der Waals surface area contributed by atoms with E-state index in [0.29, 0.717) is 22.9 Å². The van der Waals surface area contributed by atoms with Crippen LogP contribution in [0.3, 0.4) is 0 Å². The van der Waals surface area contributed by atoms with Crippen molar-refractivity contribution in [3.05, 3.63) is 37.8 Å². The second-order valence-corrected chi connectivity index (χ2v) is 5.77. The fraction of sp³-hybridized carbons (Fsp3) is 0.385. The van der Waals surface area contributed by atoms with E-state index in [2.05, 4.69) is 27.3 Å². The van der Waals surface area contributed by atoms with Crippen LogP contribution in [0.4, 0.5) is 5.69 Å². The monoisotopic (exact) mass is 337 g/mol. The Morgan fingerprint density at radius 3 is 2.65 bits per heavy atom.